The molecule has 0 bridgehead atoms. The molecule has 0 aromatic carbocycles. The van der Waals surface area contributed by atoms with Crippen LogP contribution in [0.2, 0.25) is 0 Å². The van der Waals surface area contributed by atoms with E-state index in [2.05, 4.69) is 23.8 Å². The Morgan fingerprint density at radius 2 is 1.94 bits per heavy atom. The van der Waals surface area contributed by atoms with Gasteiger partial charge in [0, 0.05) is 19.6 Å². The molecule has 0 radical (unpaired) electrons. The van der Waals surface area contributed by atoms with Gasteiger partial charge in [-0.05, 0) is 19.9 Å². The molecule has 1 aromatic rings. The van der Waals surface area contributed by atoms with Gasteiger partial charge in [0.05, 0.1) is 24.1 Å². The summed E-state index contributed by atoms with van der Waals surface area (Å²) in [6.07, 6.45) is -0.00361. The van der Waals surface area contributed by atoms with E-state index in [0.717, 1.165) is 17.2 Å². The second-order valence-electron chi connectivity index (χ2n) is 4.33. The summed E-state index contributed by atoms with van der Waals surface area (Å²) >= 11 is 0. The molecule has 0 amide bonds. The van der Waals surface area contributed by atoms with Crippen LogP contribution in [0, 0.1) is 0 Å². The molecule has 17 heavy (non-hydrogen) atoms. The lowest BCUT2D eigenvalue weighted by atomic mass is 10.1. The van der Waals surface area contributed by atoms with E-state index in [1.165, 1.54) is 0 Å². The summed E-state index contributed by atoms with van der Waals surface area (Å²) < 4.78 is 10.7. The minimum Gasteiger partial charge on any atom is -0.378 e. The Morgan fingerprint density at radius 3 is 2.47 bits per heavy atom. The summed E-state index contributed by atoms with van der Waals surface area (Å²) in [6.45, 7) is 9.35. The van der Waals surface area contributed by atoms with Gasteiger partial charge in [0.15, 0.2) is 0 Å². The molecule has 0 spiro atoms. The number of hydrogen-bond donors (Lipinski definition) is 0. The second-order valence-corrected chi connectivity index (χ2v) is 4.33. The molecule has 1 atom stereocenters. The molecule has 0 fully saturated rings. The largest absolute Gasteiger partial charge is 0.378 e. The van der Waals surface area contributed by atoms with E-state index in [9.17, 15) is 0 Å². The fourth-order valence-electron chi connectivity index (χ4n) is 1.56. The highest BCUT2D eigenvalue weighted by Crippen LogP contribution is 2.18. The first-order chi connectivity index (χ1) is 8.08. The summed E-state index contributed by atoms with van der Waals surface area (Å²) in [6, 6.07) is 1.95. The molecule has 1 aromatic heterocycles. The Kier molecular flexibility index (Phi) is 5.51. The molecular weight excluding hydrogens is 216 g/mol. The first kappa shape index (κ1) is 14.1. The van der Waals surface area contributed by atoms with E-state index in [0.29, 0.717) is 19.1 Å². The quantitative estimate of drug-likeness (QED) is 0.764. The molecule has 4 nitrogen and oxygen atoms in total. The fraction of sp³-hybridized carbons (Fsp3) is 0.692. The maximum atomic E-state index is 5.56. The maximum Gasteiger partial charge on any atom is 0.131 e. The van der Waals surface area contributed by atoms with Crippen molar-refractivity contribution in [2.45, 2.75) is 46.3 Å². The summed E-state index contributed by atoms with van der Waals surface area (Å²) in [7, 11) is 1.67. The zero-order valence-corrected chi connectivity index (χ0v) is 11.4. The average Bonchev–Trinajstić information content (AvgIpc) is 2.29. The van der Waals surface area contributed by atoms with Crippen LogP contribution in [0.5, 0.6) is 0 Å². The summed E-state index contributed by atoms with van der Waals surface area (Å²) in [5.41, 5.74) is 1.84. The molecule has 1 unspecified atom stereocenters. The summed E-state index contributed by atoms with van der Waals surface area (Å²) in [5, 5.41) is 0. The van der Waals surface area contributed by atoms with Crippen LogP contribution in [0.1, 0.15) is 56.9 Å². The highest BCUT2D eigenvalue weighted by atomic mass is 16.5. The van der Waals surface area contributed by atoms with E-state index in [1.54, 1.807) is 7.11 Å². The molecule has 96 valence electrons. The highest BCUT2D eigenvalue weighted by molar-refractivity contribution is 5.14. The van der Waals surface area contributed by atoms with Crippen molar-refractivity contribution in [3.8, 4) is 0 Å². The van der Waals surface area contributed by atoms with Crippen molar-refractivity contribution in [2.24, 2.45) is 0 Å². The molecule has 4 heteroatoms. The maximum absolute atomic E-state index is 5.56. The van der Waals surface area contributed by atoms with Gasteiger partial charge in [-0.2, -0.15) is 0 Å². The van der Waals surface area contributed by atoms with Crippen LogP contribution in [0.3, 0.4) is 0 Å². The minimum atomic E-state index is -0.00361. The number of rotatable bonds is 6. The Bertz CT molecular complexity index is 353. The zero-order chi connectivity index (χ0) is 12.8. The van der Waals surface area contributed by atoms with Crippen LogP contribution in [0.25, 0.3) is 0 Å². The van der Waals surface area contributed by atoms with E-state index in [-0.39, 0.29) is 6.10 Å². The van der Waals surface area contributed by atoms with Gasteiger partial charge in [-0.3, -0.25) is 0 Å². The summed E-state index contributed by atoms with van der Waals surface area (Å²) in [4.78, 5) is 9.02. The highest BCUT2D eigenvalue weighted by Gasteiger charge is 2.12. The predicted octanol–water partition coefficient (Wildman–Crippen LogP) is 2.84. The number of methoxy groups -OCH3 is 1. The predicted molar refractivity (Wildman–Crippen MR) is 66.9 cm³/mol. The van der Waals surface area contributed by atoms with E-state index in [4.69, 9.17) is 9.47 Å². The van der Waals surface area contributed by atoms with Crippen LogP contribution in [0.15, 0.2) is 6.07 Å². The topological polar surface area (TPSA) is 44.2 Å². The Balaban J connectivity index is 3.02. The van der Waals surface area contributed by atoms with Crippen LogP contribution in [-0.2, 0) is 16.1 Å². The Morgan fingerprint density at radius 1 is 1.24 bits per heavy atom. The lowest BCUT2D eigenvalue weighted by molar-refractivity contribution is 0.0727. The van der Waals surface area contributed by atoms with Crippen molar-refractivity contribution < 1.29 is 9.47 Å². The van der Waals surface area contributed by atoms with Crippen LogP contribution < -0.4 is 0 Å². The lowest BCUT2D eigenvalue weighted by Gasteiger charge is -2.14. The van der Waals surface area contributed by atoms with Crippen LogP contribution in [-0.4, -0.2) is 23.7 Å². The van der Waals surface area contributed by atoms with Gasteiger partial charge in [0.2, 0.25) is 0 Å². The molecule has 0 aliphatic carbocycles. The first-order valence-electron chi connectivity index (χ1n) is 6.06. The number of hydrogen-bond acceptors (Lipinski definition) is 4. The van der Waals surface area contributed by atoms with Gasteiger partial charge in [-0.25, -0.2) is 9.97 Å². The first-order valence-corrected chi connectivity index (χ1v) is 6.06. The van der Waals surface area contributed by atoms with Gasteiger partial charge < -0.3 is 9.47 Å². The third kappa shape index (κ3) is 4.06. The van der Waals surface area contributed by atoms with Crippen LogP contribution in [0.4, 0.5) is 0 Å². The standard InChI is InChI=1S/C13H22N2O2/c1-6-17-10(4)12-7-11(8-16-5)14-13(15-12)9(2)3/h7,9-10H,6,8H2,1-5H3. The third-order valence-electron chi connectivity index (χ3n) is 2.46. The number of ether oxygens (including phenoxy) is 2. The molecule has 0 aliphatic rings. The average molecular weight is 238 g/mol. The molecule has 0 saturated heterocycles. The molecule has 0 aliphatic heterocycles. The SMILES string of the molecule is CCOC(C)c1cc(COC)nc(C(C)C)n1. The molecule has 1 rings (SSSR count). The molecule has 0 N–H and O–H groups in total. The third-order valence-corrected chi connectivity index (χ3v) is 2.46. The van der Waals surface area contributed by atoms with Gasteiger partial charge in [0.1, 0.15) is 5.82 Å². The summed E-state index contributed by atoms with van der Waals surface area (Å²) in [5.74, 6) is 1.15. The minimum absolute atomic E-state index is 0.00361. The van der Waals surface area contributed by atoms with Crippen LogP contribution >= 0.6 is 0 Å². The monoisotopic (exact) mass is 238 g/mol. The van der Waals surface area contributed by atoms with E-state index < -0.39 is 0 Å². The van der Waals surface area contributed by atoms with E-state index >= 15 is 0 Å². The molecule has 1 heterocycles. The normalized spacial score (nSPS) is 13.1. The fourth-order valence-corrected chi connectivity index (χ4v) is 1.56. The van der Waals surface area contributed by atoms with E-state index in [1.807, 2.05) is 19.9 Å². The Hall–Kier alpha value is -1.00. The van der Waals surface area contributed by atoms with Crippen molar-refractivity contribution in [2.75, 3.05) is 13.7 Å². The van der Waals surface area contributed by atoms with Crippen molar-refractivity contribution in [1.29, 1.82) is 0 Å². The zero-order valence-electron chi connectivity index (χ0n) is 11.4. The van der Waals surface area contributed by atoms with Crippen molar-refractivity contribution >= 4 is 0 Å². The van der Waals surface area contributed by atoms with Gasteiger partial charge >= 0.3 is 0 Å². The van der Waals surface area contributed by atoms with Crippen molar-refractivity contribution in [1.82, 2.24) is 9.97 Å². The van der Waals surface area contributed by atoms with Gasteiger partial charge in [-0.15, -0.1) is 0 Å². The lowest BCUT2D eigenvalue weighted by Crippen LogP contribution is -2.09. The molecular formula is C13H22N2O2. The smallest absolute Gasteiger partial charge is 0.131 e. The van der Waals surface area contributed by atoms with Gasteiger partial charge in [0.25, 0.3) is 0 Å². The van der Waals surface area contributed by atoms with Crippen molar-refractivity contribution in [3.05, 3.63) is 23.3 Å². The molecule has 0 saturated carbocycles. The van der Waals surface area contributed by atoms with Crippen molar-refractivity contribution in [3.63, 3.8) is 0 Å². The van der Waals surface area contributed by atoms with Gasteiger partial charge in [-0.1, -0.05) is 13.8 Å². The Labute approximate surface area is 103 Å². The number of nitrogens with zero attached hydrogens (tertiary/aromatic N) is 2. The number of aromatic nitrogens is 2. The second kappa shape index (κ2) is 6.67.